The van der Waals surface area contributed by atoms with E-state index in [0.29, 0.717) is 35.8 Å². The van der Waals surface area contributed by atoms with Crippen molar-refractivity contribution in [1.82, 2.24) is 9.88 Å². The Bertz CT molecular complexity index is 1020. The molecule has 0 saturated carbocycles. The summed E-state index contributed by atoms with van der Waals surface area (Å²) in [4.78, 5) is 29.6. The number of carbonyl (C=O) groups is 2. The Labute approximate surface area is 181 Å². The average Bonchev–Trinajstić information content (AvgIpc) is 2.73. The summed E-state index contributed by atoms with van der Waals surface area (Å²) in [5.41, 5.74) is 6.86. The second kappa shape index (κ2) is 8.97. The van der Waals surface area contributed by atoms with Crippen molar-refractivity contribution in [1.29, 1.82) is 0 Å². The summed E-state index contributed by atoms with van der Waals surface area (Å²) in [6.07, 6.45) is -0.553. The highest BCUT2D eigenvalue weighted by Crippen LogP contribution is 2.31. The maximum atomic E-state index is 12.6. The number of aromatic nitrogens is 1. The number of nitrogens with zero attached hydrogens (tertiary/aromatic N) is 2. The number of urea groups is 1. The first-order valence-corrected chi connectivity index (χ1v) is 9.81. The topological polar surface area (TPSA) is 88.3 Å². The molecular weight excluding hydrogens is 433 g/mol. The van der Waals surface area contributed by atoms with Crippen LogP contribution in [0.15, 0.2) is 42.6 Å². The number of halogens is 4. The predicted octanol–water partition coefficient (Wildman–Crippen LogP) is 4.66. The average molecular weight is 453 g/mol. The quantitative estimate of drug-likeness (QED) is 0.707. The lowest BCUT2D eigenvalue weighted by Gasteiger charge is -2.27. The van der Waals surface area contributed by atoms with Crippen molar-refractivity contribution in [2.24, 2.45) is 5.73 Å². The second-order valence-corrected chi connectivity index (χ2v) is 7.56. The van der Waals surface area contributed by atoms with Crippen molar-refractivity contribution in [3.63, 3.8) is 0 Å². The standard InChI is InChI=1S/C21H20ClF3N4O2/c1-12(19(26)30)14-10-17(22)18(27-11-14)13-6-8-29(9-7-13)20(31)28-16-4-2-15(3-5-16)21(23,24)25/h2-6,10-12H,7-9H2,1H3,(H2,26,30)(H,28,31). The van der Waals surface area contributed by atoms with Crippen LogP contribution in [0.5, 0.6) is 0 Å². The van der Waals surface area contributed by atoms with Crippen molar-refractivity contribution < 1.29 is 22.8 Å². The molecule has 0 fully saturated rings. The van der Waals surface area contributed by atoms with Gasteiger partial charge in [-0.2, -0.15) is 13.2 Å². The lowest BCUT2D eigenvalue weighted by Crippen LogP contribution is -2.38. The van der Waals surface area contributed by atoms with Gasteiger partial charge in [-0.3, -0.25) is 9.78 Å². The lowest BCUT2D eigenvalue weighted by atomic mass is 9.99. The third-order valence-corrected chi connectivity index (χ3v) is 5.34. The van der Waals surface area contributed by atoms with Crippen LogP contribution in [0, 0.1) is 0 Å². The van der Waals surface area contributed by atoms with Crippen LogP contribution in [0.1, 0.15) is 36.1 Å². The minimum Gasteiger partial charge on any atom is -0.369 e. The molecule has 31 heavy (non-hydrogen) atoms. The summed E-state index contributed by atoms with van der Waals surface area (Å²) in [6.45, 7) is 2.34. The van der Waals surface area contributed by atoms with Crippen LogP contribution < -0.4 is 11.1 Å². The molecule has 1 aliphatic rings. The van der Waals surface area contributed by atoms with Gasteiger partial charge in [0, 0.05) is 25.0 Å². The zero-order valence-corrected chi connectivity index (χ0v) is 17.3. The number of rotatable bonds is 4. The van der Waals surface area contributed by atoms with Gasteiger partial charge in [-0.05, 0) is 54.8 Å². The van der Waals surface area contributed by atoms with Crippen molar-refractivity contribution in [2.75, 3.05) is 18.4 Å². The number of hydrogen-bond acceptors (Lipinski definition) is 3. The molecule has 1 aromatic carbocycles. The summed E-state index contributed by atoms with van der Waals surface area (Å²) in [5.74, 6) is -0.985. The minimum absolute atomic E-state index is 0.275. The Morgan fingerprint density at radius 2 is 1.94 bits per heavy atom. The number of hydrogen-bond donors (Lipinski definition) is 2. The number of primary amides is 1. The molecule has 0 spiro atoms. The molecule has 164 valence electrons. The first-order chi connectivity index (χ1) is 14.6. The number of alkyl halides is 3. The number of anilines is 1. The number of nitrogens with two attached hydrogens (primary N) is 1. The Morgan fingerprint density at radius 1 is 1.26 bits per heavy atom. The van der Waals surface area contributed by atoms with Crippen LogP contribution in [-0.2, 0) is 11.0 Å². The molecule has 3 amide bonds. The Morgan fingerprint density at radius 3 is 2.45 bits per heavy atom. The van der Waals surface area contributed by atoms with E-state index in [1.165, 1.54) is 17.0 Å². The summed E-state index contributed by atoms with van der Waals surface area (Å²) >= 11 is 6.33. The van der Waals surface area contributed by atoms with Crippen LogP contribution in [0.3, 0.4) is 0 Å². The van der Waals surface area contributed by atoms with Gasteiger partial charge in [0.15, 0.2) is 0 Å². The molecule has 10 heteroatoms. The highest BCUT2D eigenvalue weighted by Gasteiger charge is 2.30. The van der Waals surface area contributed by atoms with Crippen LogP contribution in [0.2, 0.25) is 5.02 Å². The van der Waals surface area contributed by atoms with E-state index in [2.05, 4.69) is 10.3 Å². The van der Waals surface area contributed by atoms with Crippen molar-refractivity contribution in [2.45, 2.75) is 25.4 Å². The van der Waals surface area contributed by atoms with E-state index in [9.17, 15) is 22.8 Å². The van der Waals surface area contributed by atoms with E-state index in [4.69, 9.17) is 17.3 Å². The van der Waals surface area contributed by atoms with Crippen molar-refractivity contribution >= 4 is 34.8 Å². The van der Waals surface area contributed by atoms with Gasteiger partial charge in [-0.15, -0.1) is 0 Å². The number of carbonyl (C=O) groups excluding carboxylic acids is 2. The third-order valence-electron chi connectivity index (χ3n) is 5.05. The fourth-order valence-electron chi connectivity index (χ4n) is 3.10. The van der Waals surface area contributed by atoms with Gasteiger partial charge in [0.2, 0.25) is 5.91 Å². The number of benzene rings is 1. The van der Waals surface area contributed by atoms with Gasteiger partial charge in [0.1, 0.15) is 0 Å². The van der Waals surface area contributed by atoms with E-state index in [-0.39, 0.29) is 5.69 Å². The molecule has 0 aliphatic carbocycles. The van der Waals surface area contributed by atoms with Crippen molar-refractivity contribution in [3.05, 3.63) is 64.4 Å². The maximum Gasteiger partial charge on any atom is 0.416 e. The summed E-state index contributed by atoms with van der Waals surface area (Å²) < 4.78 is 37.9. The smallest absolute Gasteiger partial charge is 0.369 e. The van der Waals surface area contributed by atoms with Gasteiger partial charge in [0.25, 0.3) is 0 Å². The number of pyridine rings is 1. The zero-order chi connectivity index (χ0) is 22.8. The third kappa shape index (κ3) is 5.35. The number of nitrogens with one attached hydrogen (secondary N) is 1. The zero-order valence-electron chi connectivity index (χ0n) is 16.5. The highest BCUT2D eigenvalue weighted by atomic mass is 35.5. The SMILES string of the molecule is CC(C(N)=O)c1cnc(C2=CCN(C(=O)Nc3ccc(C(F)(F)F)cc3)CC2)c(Cl)c1. The molecule has 0 bridgehead atoms. The Hall–Kier alpha value is -3.07. The van der Waals surface area contributed by atoms with Gasteiger partial charge in [-0.1, -0.05) is 17.7 Å². The largest absolute Gasteiger partial charge is 0.416 e. The van der Waals surface area contributed by atoms with Crippen LogP contribution in [0.25, 0.3) is 5.57 Å². The van der Waals surface area contributed by atoms with Gasteiger partial charge >= 0.3 is 12.2 Å². The van der Waals surface area contributed by atoms with E-state index in [0.717, 1.165) is 17.7 Å². The summed E-state index contributed by atoms with van der Waals surface area (Å²) in [7, 11) is 0. The highest BCUT2D eigenvalue weighted by molar-refractivity contribution is 6.32. The van der Waals surface area contributed by atoms with Crippen LogP contribution in [0.4, 0.5) is 23.7 Å². The van der Waals surface area contributed by atoms with Crippen molar-refractivity contribution in [3.8, 4) is 0 Å². The summed E-state index contributed by atoms with van der Waals surface area (Å²) in [5, 5.41) is 2.98. The minimum atomic E-state index is -4.43. The molecular formula is C21H20ClF3N4O2. The maximum absolute atomic E-state index is 12.6. The monoisotopic (exact) mass is 452 g/mol. The van der Waals surface area contributed by atoms with E-state index < -0.39 is 29.6 Å². The predicted molar refractivity (Wildman–Crippen MR) is 111 cm³/mol. The first-order valence-electron chi connectivity index (χ1n) is 9.43. The molecule has 6 nitrogen and oxygen atoms in total. The van der Waals surface area contributed by atoms with Crippen LogP contribution >= 0.6 is 11.6 Å². The molecule has 1 aliphatic heterocycles. The van der Waals surface area contributed by atoms with E-state index in [1.54, 1.807) is 19.2 Å². The van der Waals surface area contributed by atoms with Gasteiger partial charge in [0.05, 0.1) is 22.2 Å². The Balaban J connectivity index is 1.64. The fraction of sp³-hybridized carbons (Fsp3) is 0.286. The summed E-state index contributed by atoms with van der Waals surface area (Å²) in [6, 6.07) is 5.50. The van der Waals surface area contributed by atoms with Crippen LogP contribution in [-0.4, -0.2) is 34.9 Å². The second-order valence-electron chi connectivity index (χ2n) is 7.15. The molecule has 2 heterocycles. The lowest BCUT2D eigenvalue weighted by molar-refractivity contribution is -0.137. The molecule has 3 rings (SSSR count). The first kappa shape index (κ1) is 22.6. The Kier molecular flexibility index (Phi) is 6.54. The molecule has 1 aromatic heterocycles. The molecule has 0 saturated heterocycles. The molecule has 0 radical (unpaired) electrons. The van der Waals surface area contributed by atoms with Gasteiger partial charge in [-0.25, -0.2) is 4.79 Å². The normalized spacial score (nSPS) is 15.3. The number of amides is 3. The molecule has 1 unspecified atom stereocenters. The molecule has 2 aromatic rings. The van der Waals surface area contributed by atoms with E-state index >= 15 is 0 Å². The molecule has 3 N–H and O–H groups in total. The molecule has 1 atom stereocenters. The fourth-order valence-corrected chi connectivity index (χ4v) is 3.40. The van der Waals surface area contributed by atoms with Gasteiger partial charge < -0.3 is 16.0 Å². The van der Waals surface area contributed by atoms with E-state index in [1.807, 2.05) is 6.08 Å².